The highest BCUT2D eigenvalue weighted by atomic mass is 79.9. The molecule has 0 spiro atoms. The molecule has 1 N–H and O–H groups in total. The maximum absolute atomic E-state index is 12.3. The van der Waals surface area contributed by atoms with Crippen LogP contribution in [0.1, 0.15) is 37.5 Å². The molecule has 0 saturated carbocycles. The van der Waals surface area contributed by atoms with Crippen molar-refractivity contribution in [3.05, 3.63) is 20.8 Å². The molecule has 1 amide bonds. The Bertz CT molecular complexity index is 517. The molecule has 4 nitrogen and oxygen atoms in total. The van der Waals surface area contributed by atoms with Crippen LogP contribution in [0.5, 0.6) is 0 Å². The van der Waals surface area contributed by atoms with E-state index in [0.29, 0.717) is 19.4 Å². The second-order valence-corrected chi connectivity index (χ2v) is 8.11. The number of carboxylic acid groups (broad SMARTS) is 1. The van der Waals surface area contributed by atoms with Gasteiger partial charge in [0.25, 0.3) is 0 Å². The number of likely N-dealkylation sites (tertiary alicyclic amines) is 1. The topological polar surface area (TPSA) is 57.6 Å². The zero-order valence-corrected chi connectivity index (χ0v) is 14.5. The van der Waals surface area contributed by atoms with Crippen molar-refractivity contribution in [3.63, 3.8) is 0 Å². The van der Waals surface area contributed by atoms with Crippen LogP contribution in [-0.4, -0.2) is 34.5 Å². The Labute approximate surface area is 137 Å². The summed E-state index contributed by atoms with van der Waals surface area (Å²) < 4.78 is 1.11. The number of hydrogen-bond donors (Lipinski definition) is 1. The lowest BCUT2D eigenvalue weighted by Gasteiger charge is -2.36. The number of thiophene rings is 1. The highest BCUT2D eigenvalue weighted by Gasteiger charge is 2.32. The van der Waals surface area contributed by atoms with E-state index in [-0.39, 0.29) is 11.9 Å². The van der Waals surface area contributed by atoms with Gasteiger partial charge in [-0.1, -0.05) is 0 Å². The molecule has 0 aliphatic carbocycles. The summed E-state index contributed by atoms with van der Waals surface area (Å²) in [4.78, 5) is 26.4. The smallest absolute Gasteiger partial charge is 0.308 e. The second kappa shape index (κ2) is 7.40. The van der Waals surface area contributed by atoms with E-state index in [1.807, 2.05) is 13.0 Å². The van der Waals surface area contributed by atoms with Gasteiger partial charge in [0, 0.05) is 23.9 Å². The average Bonchev–Trinajstić information content (AvgIpc) is 2.84. The number of aliphatic carboxylic acids is 1. The fraction of sp³-hybridized carbons (Fsp3) is 0.600. The monoisotopic (exact) mass is 373 g/mol. The van der Waals surface area contributed by atoms with Crippen LogP contribution < -0.4 is 0 Å². The third-order valence-electron chi connectivity index (χ3n) is 3.99. The van der Waals surface area contributed by atoms with E-state index in [2.05, 4.69) is 22.0 Å². The summed E-state index contributed by atoms with van der Waals surface area (Å²) in [5.74, 6) is -1.11. The van der Waals surface area contributed by atoms with E-state index in [1.165, 1.54) is 4.88 Å². The highest BCUT2D eigenvalue weighted by molar-refractivity contribution is 9.11. The van der Waals surface area contributed by atoms with Gasteiger partial charge in [-0.15, -0.1) is 11.3 Å². The number of carbonyl (C=O) groups excluding carboxylic acids is 1. The average molecular weight is 374 g/mol. The molecule has 1 aromatic rings. The Morgan fingerprint density at radius 1 is 1.43 bits per heavy atom. The number of rotatable bonds is 5. The van der Waals surface area contributed by atoms with Crippen molar-refractivity contribution in [2.75, 3.05) is 6.54 Å². The number of piperidine rings is 1. The molecule has 1 fully saturated rings. The molecule has 21 heavy (non-hydrogen) atoms. The van der Waals surface area contributed by atoms with Crippen LogP contribution in [0.3, 0.4) is 0 Å². The lowest BCUT2D eigenvalue weighted by atomic mass is 9.93. The predicted molar refractivity (Wildman–Crippen MR) is 86.5 cm³/mol. The molecular weight excluding hydrogens is 354 g/mol. The van der Waals surface area contributed by atoms with Gasteiger partial charge in [0.05, 0.1) is 9.70 Å². The molecule has 1 aromatic heterocycles. The van der Waals surface area contributed by atoms with Crippen LogP contribution in [0, 0.1) is 5.92 Å². The number of halogens is 1. The van der Waals surface area contributed by atoms with Gasteiger partial charge in [-0.2, -0.15) is 0 Å². The van der Waals surface area contributed by atoms with Crippen molar-refractivity contribution in [1.82, 2.24) is 4.90 Å². The Hall–Kier alpha value is -0.880. The van der Waals surface area contributed by atoms with Gasteiger partial charge in [-0.3, -0.25) is 9.59 Å². The summed E-state index contributed by atoms with van der Waals surface area (Å²) in [6, 6.07) is 4.25. The molecule has 0 bridgehead atoms. The summed E-state index contributed by atoms with van der Waals surface area (Å²) in [7, 11) is 0. The van der Waals surface area contributed by atoms with E-state index in [1.54, 1.807) is 16.2 Å². The molecule has 116 valence electrons. The largest absolute Gasteiger partial charge is 0.481 e. The molecule has 1 aliphatic heterocycles. The maximum atomic E-state index is 12.3. The van der Waals surface area contributed by atoms with E-state index >= 15 is 0 Å². The first kappa shape index (κ1) is 16.5. The minimum absolute atomic E-state index is 0.0871. The summed E-state index contributed by atoms with van der Waals surface area (Å²) in [5.41, 5.74) is 0. The molecule has 2 unspecified atom stereocenters. The first-order chi connectivity index (χ1) is 9.97. The van der Waals surface area contributed by atoms with Gasteiger partial charge in [0.2, 0.25) is 5.91 Å². The normalized spacial score (nSPS) is 22.3. The molecule has 6 heteroatoms. The van der Waals surface area contributed by atoms with Gasteiger partial charge < -0.3 is 10.0 Å². The third-order valence-corrected chi connectivity index (χ3v) is 5.68. The molecule has 2 heterocycles. The summed E-state index contributed by atoms with van der Waals surface area (Å²) in [6.45, 7) is 2.37. The molecule has 2 atom stereocenters. The highest BCUT2D eigenvalue weighted by Crippen LogP contribution is 2.25. The van der Waals surface area contributed by atoms with Gasteiger partial charge in [0.15, 0.2) is 0 Å². The molecular formula is C15H20BrNO3S. The zero-order valence-electron chi connectivity index (χ0n) is 12.0. The number of aryl methyl sites for hydroxylation is 1. The van der Waals surface area contributed by atoms with E-state index < -0.39 is 11.9 Å². The van der Waals surface area contributed by atoms with Crippen molar-refractivity contribution < 1.29 is 14.7 Å². The third kappa shape index (κ3) is 4.54. The lowest BCUT2D eigenvalue weighted by molar-refractivity contribution is -0.147. The maximum Gasteiger partial charge on any atom is 0.308 e. The van der Waals surface area contributed by atoms with Crippen LogP contribution in [-0.2, 0) is 16.0 Å². The fourth-order valence-electron chi connectivity index (χ4n) is 2.70. The number of nitrogens with zero attached hydrogens (tertiary/aromatic N) is 1. The second-order valence-electron chi connectivity index (χ2n) is 5.57. The van der Waals surface area contributed by atoms with Crippen molar-refractivity contribution >= 4 is 39.1 Å². The number of carbonyl (C=O) groups is 2. The lowest BCUT2D eigenvalue weighted by Crippen LogP contribution is -2.47. The summed E-state index contributed by atoms with van der Waals surface area (Å²) >= 11 is 5.13. The van der Waals surface area contributed by atoms with E-state index in [4.69, 9.17) is 5.11 Å². The number of amides is 1. The first-order valence-electron chi connectivity index (χ1n) is 7.24. The van der Waals surface area contributed by atoms with Gasteiger partial charge >= 0.3 is 5.97 Å². The van der Waals surface area contributed by atoms with Gasteiger partial charge in [0.1, 0.15) is 0 Å². The van der Waals surface area contributed by atoms with Gasteiger partial charge in [-0.25, -0.2) is 0 Å². The molecule has 1 saturated heterocycles. The van der Waals surface area contributed by atoms with Crippen LogP contribution >= 0.6 is 27.3 Å². The van der Waals surface area contributed by atoms with Crippen molar-refractivity contribution in [1.29, 1.82) is 0 Å². The standard InChI is InChI=1S/C15H20BrNO3S/c1-10-5-6-11(15(19)20)9-17(10)14(18)4-2-3-12-7-8-13(16)21-12/h7-8,10-11H,2-6,9H2,1H3,(H,19,20). The Morgan fingerprint density at radius 3 is 2.81 bits per heavy atom. The zero-order chi connectivity index (χ0) is 15.4. The van der Waals surface area contributed by atoms with Crippen LogP contribution in [0.4, 0.5) is 0 Å². The van der Waals surface area contributed by atoms with E-state index in [9.17, 15) is 9.59 Å². The summed E-state index contributed by atoms with van der Waals surface area (Å²) in [5, 5.41) is 9.11. The molecule has 1 aliphatic rings. The Morgan fingerprint density at radius 2 is 2.19 bits per heavy atom. The van der Waals surface area contributed by atoms with Crippen molar-refractivity contribution in [2.24, 2.45) is 5.92 Å². The van der Waals surface area contributed by atoms with E-state index in [0.717, 1.165) is 23.0 Å². The van der Waals surface area contributed by atoms with Crippen LogP contribution in [0.2, 0.25) is 0 Å². The summed E-state index contributed by atoms with van der Waals surface area (Å²) in [6.07, 6.45) is 3.65. The van der Waals surface area contributed by atoms with Crippen molar-refractivity contribution in [2.45, 2.75) is 45.1 Å². The van der Waals surface area contributed by atoms with Crippen LogP contribution in [0.25, 0.3) is 0 Å². The molecule has 2 rings (SSSR count). The fourth-order valence-corrected chi connectivity index (χ4v) is 4.22. The Kier molecular flexibility index (Phi) is 5.81. The SMILES string of the molecule is CC1CCC(C(=O)O)CN1C(=O)CCCc1ccc(Br)s1. The number of carboxylic acids is 1. The van der Waals surface area contributed by atoms with Crippen LogP contribution in [0.15, 0.2) is 15.9 Å². The van der Waals surface area contributed by atoms with Gasteiger partial charge in [-0.05, 0) is 60.7 Å². The number of hydrogen-bond acceptors (Lipinski definition) is 3. The molecule has 0 radical (unpaired) electrons. The quantitative estimate of drug-likeness (QED) is 0.858. The first-order valence-corrected chi connectivity index (χ1v) is 8.85. The minimum Gasteiger partial charge on any atom is -0.481 e. The van der Waals surface area contributed by atoms with Crippen molar-refractivity contribution in [3.8, 4) is 0 Å². The molecule has 0 aromatic carbocycles. The minimum atomic E-state index is -0.789. The predicted octanol–water partition coefficient (Wildman–Crippen LogP) is 3.55. The Balaban J connectivity index is 1.82.